The zero-order chi connectivity index (χ0) is 12.3. The molecule has 0 spiro atoms. The molecule has 0 aliphatic rings. The normalized spacial score (nSPS) is 10.3. The van der Waals surface area contributed by atoms with Crippen molar-refractivity contribution in [2.24, 2.45) is 7.05 Å². The highest BCUT2D eigenvalue weighted by molar-refractivity contribution is 6.58. The minimum atomic E-state index is -1.59. The molecule has 5 nitrogen and oxygen atoms in total. The lowest BCUT2D eigenvalue weighted by Crippen LogP contribution is -2.36. The van der Waals surface area contributed by atoms with Crippen LogP contribution in [0.25, 0.3) is 0 Å². The number of aryl methyl sites for hydroxylation is 1. The van der Waals surface area contributed by atoms with Gasteiger partial charge in [0.1, 0.15) is 12.2 Å². The molecule has 1 heterocycles. The van der Waals surface area contributed by atoms with Crippen molar-refractivity contribution in [2.45, 2.75) is 6.61 Å². The third-order valence-corrected chi connectivity index (χ3v) is 2.43. The fourth-order valence-electron chi connectivity index (χ4n) is 1.57. The summed E-state index contributed by atoms with van der Waals surface area (Å²) in [4.78, 5) is 0. The summed E-state index contributed by atoms with van der Waals surface area (Å²) >= 11 is 0. The highest BCUT2D eigenvalue weighted by atomic mass is 16.5. The van der Waals surface area contributed by atoms with Crippen LogP contribution in [0.15, 0.2) is 36.5 Å². The Morgan fingerprint density at radius 3 is 2.65 bits per heavy atom. The Labute approximate surface area is 99.4 Å². The summed E-state index contributed by atoms with van der Waals surface area (Å²) < 4.78 is 6.88. The molecule has 0 unspecified atom stereocenters. The van der Waals surface area contributed by atoms with Crippen molar-refractivity contribution in [1.82, 2.24) is 9.78 Å². The molecule has 6 heteroatoms. The average Bonchev–Trinajstić information content (AvgIpc) is 2.69. The third-order valence-electron chi connectivity index (χ3n) is 2.43. The van der Waals surface area contributed by atoms with Crippen molar-refractivity contribution in [2.75, 3.05) is 0 Å². The van der Waals surface area contributed by atoms with Gasteiger partial charge in [0.15, 0.2) is 5.75 Å². The van der Waals surface area contributed by atoms with Crippen LogP contribution in [0.3, 0.4) is 0 Å². The van der Waals surface area contributed by atoms with Crippen LogP contribution in [-0.2, 0) is 13.7 Å². The quantitative estimate of drug-likeness (QED) is 0.709. The summed E-state index contributed by atoms with van der Waals surface area (Å²) in [6, 6.07) is 9.64. The predicted molar refractivity (Wildman–Crippen MR) is 63.8 cm³/mol. The van der Waals surface area contributed by atoms with E-state index in [-0.39, 0.29) is 5.59 Å². The standard InChI is InChI=1S/C11H13BN2O3/c1-14-11(12(15)16)10(7-13-14)17-8-9-5-3-2-4-6-9/h2-7,15-16H,8H2,1H3. The topological polar surface area (TPSA) is 67.5 Å². The molecule has 2 rings (SSSR count). The molecular formula is C11H13BN2O3. The molecule has 0 saturated carbocycles. The van der Waals surface area contributed by atoms with Crippen molar-refractivity contribution in [3.8, 4) is 5.75 Å². The minimum absolute atomic E-state index is 0.251. The molecule has 88 valence electrons. The van der Waals surface area contributed by atoms with Gasteiger partial charge in [0.2, 0.25) is 0 Å². The molecule has 0 aliphatic heterocycles. The number of nitrogens with zero attached hydrogens (tertiary/aromatic N) is 2. The molecule has 2 aromatic rings. The number of ether oxygens (including phenoxy) is 1. The molecule has 1 aromatic carbocycles. The summed E-state index contributed by atoms with van der Waals surface area (Å²) in [7, 11) is 0.0396. The van der Waals surface area contributed by atoms with E-state index < -0.39 is 7.12 Å². The van der Waals surface area contributed by atoms with Crippen LogP contribution in [-0.4, -0.2) is 26.9 Å². The van der Waals surface area contributed by atoms with Gasteiger partial charge in [0.05, 0.1) is 6.20 Å². The smallest absolute Gasteiger partial charge is 0.486 e. The van der Waals surface area contributed by atoms with Crippen LogP contribution in [0, 0.1) is 0 Å². The highest BCUT2D eigenvalue weighted by Crippen LogP contribution is 2.09. The lowest BCUT2D eigenvalue weighted by Gasteiger charge is -2.07. The maximum atomic E-state index is 9.19. The van der Waals surface area contributed by atoms with Crippen LogP contribution in [0.2, 0.25) is 0 Å². The molecule has 0 radical (unpaired) electrons. The maximum absolute atomic E-state index is 9.19. The number of rotatable bonds is 4. The molecule has 0 aliphatic carbocycles. The van der Waals surface area contributed by atoms with E-state index in [1.165, 1.54) is 10.9 Å². The lowest BCUT2D eigenvalue weighted by atomic mass is 9.85. The van der Waals surface area contributed by atoms with Gasteiger partial charge in [-0.15, -0.1) is 0 Å². The second-order valence-corrected chi connectivity index (χ2v) is 3.67. The SMILES string of the molecule is Cn1ncc(OCc2ccccc2)c1B(O)O. The van der Waals surface area contributed by atoms with E-state index >= 15 is 0 Å². The molecule has 0 fully saturated rings. The monoisotopic (exact) mass is 232 g/mol. The van der Waals surface area contributed by atoms with E-state index in [9.17, 15) is 10.0 Å². The molecule has 0 saturated heterocycles. The Morgan fingerprint density at radius 1 is 1.29 bits per heavy atom. The second-order valence-electron chi connectivity index (χ2n) is 3.67. The van der Waals surface area contributed by atoms with Gasteiger partial charge < -0.3 is 14.8 Å². The second kappa shape index (κ2) is 5.03. The third kappa shape index (κ3) is 2.66. The summed E-state index contributed by atoms with van der Waals surface area (Å²) in [5, 5.41) is 22.3. The Hall–Kier alpha value is -1.79. The Kier molecular flexibility index (Phi) is 3.46. The Bertz CT molecular complexity index is 485. The summed E-state index contributed by atoms with van der Waals surface area (Å²) in [6.45, 7) is 0.367. The van der Waals surface area contributed by atoms with E-state index in [0.717, 1.165) is 5.56 Å². The molecule has 17 heavy (non-hydrogen) atoms. The van der Waals surface area contributed by atoms with Crippen molar-refractivity contribution in [1.29, 1.82) is 0 Å². The molecule has 0 bridgehead atoms. The summed E-state index contributed by atoms with van der Waals surface area (Å²) in [5.74, 6) is 0.381. The molecular weight excluding hydrogens is 219 g/mol. The van der Waals surface area contributed by atoms with Gasteiger partial charge >= 0.3 is 7.12 Å². The number of hydrogen-bond acceptors (Lipinski definition) is 4. The first-order valence-electron chi connectivity index (χ1n) is 5.23. The Balaban J connectivity index is 2.09. The van der Waals surface area contributed by atoms with Gasteiger partial charge in [-0.05, 0) is 5.56 Å². The van der Waals surface area contributed by atoms with Crippen molar-refractivity contribution in [3.05, 3.63) is 42.1 Å². The maximum Gasteiger partial charge on any atom is 0.511 e. The largest absolute Gasteiger partial charge is 0.511 e. The predicted octanol–water partition coefficient (Wildman–Crippen LogP) is -0.321. The van der Waals surface area contributed by atoms with Gasteiger partial charge in [0, 0.05) is 7.05 Å². The van der Waals surface area contributed by atoms with Gasteiger partial charge in [-0.2, -0.15) is 5.10 Å². The molecule has 0 amide bonds. The summed E-state index contributed by atoms with van der Waals surface area (Å²) in [6.07, 6.45) is 1.47. The minimum Gasteiger partial charge on any atom is -0.486 e. The van der Waals surface area contributed by atoms with Crippen LogP contribution in [0.5, 0.6) is 5.75 Å². The first-order valence-corrected chi connectivity index (χ1v) is 5.23. The van der Waals surface area contributed by atoms with Crippen LogP contribution in [0.4, 0.5) is 0 Å². The van der Waals surface area contributed by atoms with Crippen molar-refractivity contribution < 1.29 is 14.8 Å². The van der Waals surface area contributed by atoms with E-state index in [2.05, 4.69) is 5.10 Å². The summed E-state index contributed by atoms with van der Waals surface area (Å²) in [5.41, 5.74) is 1.26. The van der Waals surface area contributed by atoms with Gasteiger partial charge in [-0.1, -0.05) is 30.3 Å². The zero-order valence-electron chi connectivity index (χ0n) is 9.45. The van der Waals surface area contributed by atoms with Gasteiger partial charge in [-0.25, -0.2) is 0 Å². The van der Waals surface area contributed by atoms with Crippen LogP contribution < -0.4 is 10.3 Å². The fraction of sp³-hybridized carbons (Fsp3) is 0.182. The van der Waals surface area contributed by atoms with E-state index in [4.69, 9.17) is 4.74 Å². The van der Waals surface area contributed by atoms with Crippen molar-refractivity contribution >= 4 is 12.7 Å². The molecule has 1 aromatic heterocycles. The van der Waals surface area contributed by atoms with Gasteiger partial charge in [-0.3, -0.25) is 4.68 Å². The number of benzene rings is 1. The molecule has 2 N–H and O–H groups in total. The fourth-order valence-corrected chi connectivity index (χ4v) is 1.57. The average molecular weight is 232 g/mol. The molecule has 0 atom stereocenters. The van der Waals surface area contributed by atoms with Crippen molar-refractivity contribution in [3.63, 3.8) is 0 Å². The van der Waals surface area contributed by atoms with Crippen LogP contribution >= 0.6 is 0 Å². The Morgan fingerprint density at radius 2 is 2.00 bits per heavy atom. The van der Waals surface area contributed by atoms with Crippen LogP contribution in [0.1, 0.15) is 5.56 Å². The van der Waals surface area contributed by atoms with E-state index in [1.54, 1.807) is 7.05 Å². The zero-order valence-corrected chi connectivity index (χ0v) is 9.45. The van der Waals surface area contributed by atoms with E-state index in [0.29, 0.717) is 12.4 Å². The van der Waals surface area contributed by atoms with Gasteiger partial charge in [0.25, 0.3) is 0 Å². The highest BCUT2D eigenvalue weighted by Gasteiger charge is 2.22. The number of aromatic nitrogens is 2. The first kappa shape index (κ1) is 11.7. The first-order chi connectivity index (χ1) is 8.18. The van der Waals surface area contributed by atoms with E-state index in [1.807, 2.05) is 30.3 Å². The lowest BCUT2D eigenvalue weighted by molar-refractivity contribution is 0.306. The number of hydrogen-bond donors (Lipinski definition) is 2.